The highest BCUT2D eigenvalue weighted by atomic mass is 127. The standard InChI is InChI=1S/C18H24N4S.HI/c1-14-6-8-15(9-7-14)21-18(19)20-13-16(17-5-4-12-23-17)22-10-2-3-11-22;/h4-9,12,16H,2-3,10-11,13H2,1H3,(H3,19,20,21);1H. The van der Waals surface area contributed by atoms with Crippen LogP contribution in [0.25, 0.3) is 0 Å². The third-order valence-corrected chi connectivity index (χ3v) is 5.19. The van der Waals surface area contributed by atoms with E-state index in [1.165, 1.54) is 23.3 Å². The first kappa shape index (κ1) is 19.2. The van der Waals surface area contributed by atoms with E-state index >= 15 is 0 Å². The Bertz CT molecular complexity index is 634. The molecule has 1 aliphatic rings. The van der Waals surface area contributed by atoms with E-state index in [1.807, 2.05) is 12.1 Å². The number of aliphatic imine (C=N–C) groups is 1. The highest BCUT2D eigenvalue weighted by Gasteiger charge is 2.23. The summed E-state index contributed by atoms with van der Waals surface area (Å²) in [5.74, 6) is 0.481. The summed E-state index contributed by atoms with van der Waals surface area (Å²) in [6, 6.07) is 12.8. The number of halogens is 1. The van der Waals surface area contributed by atoms with Gasteiger partial charge in [-0.15, -0.1) is 35.3 Å². The molecule has 0 saturated carbocycles. The molecule has 1 aliphatic heterocycles. The van der Waals surface area contributed by atoms with Crippen LogP contribution < -0.4 is 11.1 Å². The summed E-state index contributed by atoms with van der Waals surface area (Å²) in [6.45, 7) is 5.08. The van der Waals surface area contributed by atoms with Crippen molar-refractivity contribution >= 4 is 47.0 Å². The van der Waals surface area contributed by atoms with E-state index in [0.29, 0.717) is 18.5 Å². The smallest absolute Gasteiger partial charge is 0.193 e. The summed E-state index contributed by atoms with van der Waals surface area (Å²) in [5, 5.41) is 5.31. The van der Waals surface area contributed by atoms with Gasteiger partial charge in [0, 0.05) is 10.6 Å². The Morgan fingerprint density at radius 2 is 1.96 bits per heavy atom. The number of nitrogens with two attached hydrogens (primary N) is 1. The lowest BCUT2D eigenvalue weighted by molar-refractivity contribution is 0.255. The van der Waals surface area contributed by atoms with Crippen molar-refractivity contribution in [2.24, 2.45) is 10.7 Å². The third-order valence-electron chi connectivity index (χ3n) is 4.21. The lowest BCUT2D eigenvalue weighted by atomic mass is 10.2. The van der Waals surface area contributed by atoms with Crippen LogP contribution in [0.4, 0.5) is 5.69 Å². The Morgan fingerprint density at radius 3 is 2.58 bits per heavy atom. The van der Waals surface area contributed by atoms with Crippen molar-refractivity contribution in [1.29, 1.82) is 0 Å². The Hall–Kier alpha value is -1.12. The quantitative estimate of drug-likeness (QED) is 0.402. The van der Waals surface area contributed by atoms with Gasteiger partial charge < -0.3 is 11.1 Å². The van der Waals surface area contributed by atoms with E-state index in [9.17, 15) is 0 Å². The fourth-order valence-electron chi connectivity index (χ4n) is 2.93. The van der Waals surface area contributed by atoms with Crippen molar-refractivity contribution in [1.82, 2.24) is 4.90 Å². The van der Waals surface area contributed by atoms with Gasteiger partial charge in [-0.05, 0) is 56.4 Å². The molecule has 0 spiro atoms. The van der Waals surface area contributed by atoms with Gasteiger partial charge in [0.15, 0.2) is 5.96 Å². The highest BCUT2D eigenvalue weighted by molar-refractivity contribution is 14.0. The van der Waals surface area contributed by atoms with Gasteiger partial charge in [0.1, 0.15) is 0 Å². The first-order chi connectivity index (χ1) is 11.2. The van der Waals surface area contributed by atoms with Gasteiger partial charge in [0.05, 0.1) is 12.6 Å². The van der Waals surface area contributed by atoms with E-state index in [2.05, 4.69) is 51.8 Å². The van der Waals surface area contributed by atoms with Gasteiger partial charge in [-0.25, -0.2) is 0 Å². The number of guanidine groups is 1. The molecule has 1 unspecified atom stereocenters. The molecule has 0 bridgehead atoms. The van der Waals surface area contributed by atoms with Crippen LogP contribution in [0.5, 0.6) is 0 Å². The van der Waals surface area contributed by atoms with Crippen molar-refractivity contribution in [3.63, 3.8) is 0 Å². The fraction of sp³-hybridized carbons (Fsp3) is 0.389. The summed E-state index contributed by atoms with van der Waals surface area (Å²) in [6.07, 6.45) is 2.56. The monoisotopic (exact) mass is 456 g/mol. The molecule has 1 aromatic heterocycles. The largest absolute Gasteiger partial charge is 0.370 e. The predicted molar refractivity (Wildman–Crippen MR) is 115 cm³/mol. The van der Waals surface area contributed by atoms with Crippen LogP contribution in [0.1, 0.15) is 29.3 Å². The molecule has 4 nitrogen and oxygen atoms in total. The van der Waals surface area contributed by atoms with E-state index in [4.69, 9.17) is 5.73 Å². The number of likely N-dealkylation sites (tertiary alicyclic amines) is 1. The van der Waals surface area contributed by atoms with Crippen molar-refractivity contribution < 1.29 is 0 Å². The number of benzene rings is 1. The number of aryl methyl sites for hydroxylation is 1. The summed E-state index contributed by atoms with van der Waals surface area (Å²) in [5.41, 5.74) is 8.28. The molecule has 0 amide bonds. The van der Waals surface area contributed by atoms with Crippen LogP contribution in [0.3, 0.4) is 0 Å². The van der Waals surface area contributed by atoms with Crippen LogP contribution >= 0.6 is 35.3 Å². The summed E-state index contributed by atoms with van der Waals surface area (Å²) in [4.78, 5) is 8.49. The lowest BCUT2D eigenvalue weighted by Gasteiger charge is -2.25. The van der Waals surface area contributed by atoms with Crippen LogP contribution in [0.15, 0.2) is 46.8 Å². The number of hydrogen-bond donors (Lipinski definition) is 2. The van der Waals surface area contributed by atoms with Crippen LogP contribution in [-0.4, -0.2) is 30.5 Å². The van der Waals surface area contributed by atoms with Crippen LogP contribution in [-0.2, 0) is 0 Å². The van der Waals surface area contributed by atoms with E-state index in [0.717, 1.165) is 18.8 Å². The molecule has 1 fully saturated rings. The Balaban J connectivity index is 0.00000208. The molecule has 0 radical (unpaired) electrons. The number of rotatable bonds is 5. The lowest BCUT2D eigenvalue weighted by Crippen LogP contribution is -2.29. The van der Waals surface area contributed by atoms with Gasteiger partial charge in [0.2, 0.25) is 0 Å². The maximum atomic E-state index is 6.07. The van der Waals surface area contributed by atoms with Gasteiger partial charge in [-0.2, -0.15) is 0 Å². The maximum Gasteiger partial charge on any atom is 0.193 e. The minimum atomic E-state index is 0. The Kier molecular flexibility index (Phi) is 7.51. The van der Waals surface area contributed by atoms with Gasteiger partial charge in [-0.3, -0.25) is 9.89 Å². The Morgan fingerprint density at radius 1 is 1.25 bits per heavy atom. The van der Waals surface area contributed by atoms with Crippen LogP contribution in [0.2, 0.25) is 0 Å². The maximum absolute atomic E-state index is 6.07. The second kappa shape index (κ2) is 9.39. The predicted octanol–water partition coefficient (Wildman–Crippen LogP) is 4.24. The molecule has 0 aliphatic carbocycles. The molecule has 2 aromatic rings. The first-order valence-corrected chi connectivity index (χ1v) is 9.01. The zero-order valence-electron chi connectivity index (χ0n) is 13.9. The van der Waals surface area contributed by atoms with Crippen molar-refractivity contribution in [3.05, 3.63) is 52.2 Å². The molecule has 130 valence electrons. The van der Waals surface area contributed by atoms with Gasteiger partial charge >= 0.3 is 0 Å². The van der Waals surface area contributed by atoms with E-state index in [-0.39, 0.29) is 24.0 Å². The zero-order chi connectivity index (χ0) is 16.1. The van der Waals surface area contributed by atoms with Crippen LogP contribution in [0, 0.1) is 6.92 Å². The SMILES string of the molecule is Cc1ccc(NC(N)=NCC(c2cccs2)N2CCCC2)cc1.I. The second-order valence-electron chi connectivity index (χ2n) is 5.99. The fourth-order valence-corrected chi connectivity index (χ4v) is 3.78. The van der Waals surface area contributed by atoms with Crippen molar-refractivity contribution in [2.75, 3.05) is 25.0 Å². The van der Waals surface area contributed by atoms with Crippen molar-refractivity contribution in [2.45, 2.75) is 25.8 Å². The molecular weight excluding hydrogens is 431 g/mol. The molecule has 24 heavy (non-hydrogen) atoms. The number of nitrogens with one attached hydrogen (secondary N) is 1. The summed E-state index contributed by atoms with van der Waals surface area (Å²) >= 11 is 1.80. The van der Waals surface area contributed by atoms with Gasteiger partial charge in [-0.1, -0.05) is 23.8 Å². The molecule has 2 heterocycles. The summed E-state index contributed by atoms with van der Waals surface area (Å²) in [7, 11) is 0. The summed E-state index contributed by atoms with van der Waals surface area (Å²) < 4.78 is 0. The van der Waals surface area contributed by atoms with E-state index < -0.39 is 0 Å². The molecular formula is C18H25IN4S. The second-order valence-corrected chi connectivity index (χ2v) is 6.97. The number of anilines is 1. The molecule has 3 rings (SSSR count). The number of hydrogen-bond acceptors (Lipinski definition) is 3. The molecule has 3 N–H and O–H groups in total. The molecule has 1 atom stereocenters. The minimum Gasteiger partial charge on any atom is -0.370 e. The third kappa shape index (κ3) is 5.19. The molecule has 1 saturated heterocycles. The normalized spacial score (nSPS) is 16.6. The molecule has 1 aromatic carbocycles. The number of thiophene rings is 1. The average molecular weight is 456 g/mol. The molecule has 6 heteroatoms. The van der Waals surface area contributed by atoms with Crippen molar-refractivity contribution in [3.8, 4) is 0 Å². The average Bonchev–Trinajstić information content (AvgIpc) is 3.24. The van der Waals surface area contributed by atoms with Gasteiger partial charge in [0.25, 0.3) is 0 Å². The zero-order valence-corrected chi connectivity index (χ0v) is 17.1. The van der Waals surface area contributed by atoms with E-state index in [1.54, 1.807) is 11.3 Å². The Labute approximate surface area is 165 Å². The first-order valence-electron chi connectivity index (χ1n) is 8.13. The highest BCUT2D eigenvalue weighted by Crippen LogP contribution is 2.28. The minimum absolute atomic E-state index is 0. The topological polar surface area (TPSA) is 53.6 Å². The number of nitrogens with zero attached hydrogens (tertiary/aromatic N) is 2.